The van der Waals surface area contributed by atoms with Crippen LogP contribution in [0.1, 0.15) is 60.0 Å². The summed E-state index contributed by atoms with van der Waals surface area (Å²) in [6.07, 6.45) is 5.26. The van der Waals surface area contributed by atoms with Gasteiger partial charge in [0.2, 0.25) is 0 Å². The Kier molecular flexibility index (Phi) is 7.09. The number of ether oxygens (including phenoxy) is 1. The van der Waals surface area contributed by atoms with E-state index in [9.17, 15) is 5.11 Å². The number of fused-ring (bicyclic) bond motifs is 1. The molecule has 3 aromatic rings. The van der Waals surface area contributed by atoms with Gasteiger partial charge in [0.05, 0.1) is 6.10 Å². The first kappa shape index (κ1) is 22.2. The molecule has 1 saturated heterocycles. The van der Waals surface area contributed by atoms with Crippen LogP contribution in [0.3, 0.4) is 0 Å². The molecule has 3 aromatic carbocycles. The maximum absolute atomic E-state index is 10.7. The molecule has 0 amide bonds. The van der Waals surface area contributed by atoms with Gasteiger partial charge < -0.3 is 14.7 Å². The van der Waals surface area contributed by atoms with E-state index >= 15 is 0 Å². The molecule has 0 aromatic heterocycles. The fourth-order valence-corrected chi connectivity index (χ4v) is 5.56. The number of nitrogens with zero attached hydrogens (tertiary/aromatic N) is 1. The topological polar surface area (TPSA) is 32.7 Å². The van der Waals surface area contributed by atoms with Crippen molar-refractivity contribution in [3.05, 3.63) is 101 Å². The third-order valence-corrected chi connectivity index (χ3v) is 7.50. The second-order valence-electron chi connectivity index (χ2n) is 9.77. The van der Waals surface area contributed by atoms with Gasteiger partial charge in [0, 0.05) is 6.54 Å². The summed E-state index contributed by atoms with van der Waals surface area (Å²) in [4.78, 5) is 2.63. The molecule has 0 radical (unpaired) electrons. The van der Waals surface area contributed by atoms with Crippen LogP contribution in [0, 0.1) is 5.92 Å². The van der Waals surface area contributed by atoms with Crippen LogP contribution in [-0.4, -0.2) is 29.6 Å². The van der Waals surface area contributed by atoms with Crippen molar-refractivity contribution in [2.45, 2.75) is 50.7 Å². The highest BCUT2D eigenvalue weighted by molar-refractivity contribution is 5.31. The maximum Gasteiger partial charge on any atom is 0.119 e. The lowest BCUT2D eigenvalue weighted by Gasteiger charge is -2.34. The maximum atomic E-state index is 10.7. The van der Waals surface area contributed by atoms with Crippen molar-refractivity contribution in [2.75, 3.05) is 19.6 Å². The van der Waals surface area contributed by atoms with Gasteiger partial charge in [-0.1, -0.05) is 66.7 Å². The number of piperidine rings is 1. The van der Waals surface area contributed by atoms with Gasteiger partial charge in [-0.15, -0.1) is 0 Å². The van der Waals surface area contributed by atoms with E-state index in [4.69, 9.17) is 4.74 Å². The normalized spacial score (nSPS) is 21.8. The lowest BCUT2D eigenvalue weighted by molar-refractivity contribution is 0.117. The minimum Gasteiger partial charge on any atom is -0.489 e. The first-order valence-corrected chi connectivity index (χ1v) is 12.5. The summed E-state index contributed by atoms with van der Waals surface area (Å²) >= 11 is 0. The summed E-state index contributed by atoms with van der Waals surface area (Å²) in [5.41, 5.74) is 5.11. The minimum atomic E-state index is -0.311. The van der Waals surface area contributed by atoms with Gasteiger partial charge >= 0.3 is 0 Å². The van der Waals surface area contributed by atoms with Crippen molar-refractivity contribution in [2.24, 2.45) is 5.92 Å². The summed E-state index contributed by atoms with van der Waals surface area (Å²) in [5, 5.41) is 10.7. The van der Waals surface area contributed by atoms with Gasteiger partial charge in [-0.25, -0.2) is 0 Å². The monoisotopic (exact) mass is 441 g/mol. The van der Waals surface area contributed by atoms with E-state index < -0.39 is 0 Å². The lowest BCUT2D eigenvalue weighted by atomic mass is 9.88. The molecule has 1 aliphatic heterocycles. The predicted molar refractivity (Wildman–Crippen MR) is 133 cm³/mol. The van der Waals surface area contributed by atoms with E-state index in [2.05, 4.69) is 65.6 Å². The molecule has 1 aliphatic carbocycles. The van der Waals surface area contributed by atoms with E-state index in [-0.39, 0.29) is 6.10 Å². The summed E-state index contributed by atoms with van der Waals surface area (Å²) < 4.78 is 5.95. The second kappa shape index (κ2) is 10.5. The number of hydrogen-bond donors (Lipinski definition) is 1. The van der Waals surface area contributed by atoms with Crippen LogP contribution in [0.2, 0.25) is 0 Å². The zero-order valence-electron chi connectivity index (χ0n) is 19.4. The molecule has 172 valence electrons. The molecule has 33 heavy (non-hydrogen) atoms. The van der Waals surface area contributed by atoms with Crippen molar-refractivity contribution >= 4 is 0 Å². The SMILES string of the molecule is O[C@H]1C[C@@H](CN2CCC(c3ccc(OCc4ccccc4)cc3)CC2)CCc2ccccc21. The van der Waals surface area contributed by atoms with Crippen LogP contribution < -0.4 is 4.74 Å². The molecule has 1 N–H and O–H groups in total. The fraction of sp³-hybridized carbons (Fsp3) is 0.400. The van der Waals surface area contributed by atoms with Crippen molar-refractivity contribution in [3.8, 4) is 5.75 Å². The molecular weight excluding hydrogens is 406 g/mol. The van der Waals surface area contributed by atoms with Gasteiger partial charge in [0.25, 0.3) is 0 Å². The quantitative estimate of drug-likeness (QED) is 0.467. The molecular formula is C30H35NO2. The molecule has 0 bridgehead atoms. The Morgan fingerprint density at radius 1 is 0.818 bits per heavy atom. The number of likely N-dealkylation sites (tertiary alicyclic amines) is 1. The zero-order valence-corrected chi connectivity index (χ0v) is 19.4. The third kappa shape index (κ3) is 5.66. The fourth-order valence-electron chi connectivity index (χ4n) is 5.56. The Morgan fingerprint density at radius 3 is 2.33 bits per heavy atom. The minimum absolute atomic E-state index is 0.311. The summed E-state index contributed by atoms with van der Waals surface area (Å²) in [5.74, 6) is 2.14. The summed E-state index contributed by atoms with van der Waals surface area (Å²) in [6.45, 7) is 4.02. The number of benzene rings is 3. The smallest absolute Gasteiger partial charge is 0.119 e. The van der Waals surface area contributed by atoms with Gasteiger partial charge in [0.15, 0.2) is 0 Å². The largest absolute Gasteiger partial charge is 0.489 e. The second-order valence-corrected chi connectivity index (χ2v) is 9.77. The number of rotatable bonds is 6. The lowest BCUT2D eigenvalue weighted by Crippen LogP contribution is -2.36. The Balaban J connectivity index is 1.09. The first-order valence-electron chi connectivity index (χ1n) is 12.5. The zero-order chi connectivity index (χ0) is 22.5. The highest BCUT2D eigenvalue weighted by atomic mass is 16.5. The number of aliphatic hydroxyl groups is 1. The van der Waals surface area contributed by atoms with Crippen LogP contribution in [-0.2, 0) is 13.0 Å². The predicted octanol–water partition coefficient (Wildman–Crippen LogP) is 6.13. The van der Waals surface area contributed by atoms with Gasteiger partial charge in [-0.05, 0) is 91.4 Å². The summed E-state index contributed by atoms with van der Waals surface area (Å²) in [7, 11) is 0. The van der Waals surface area contributed by atoms with Crippen LogP contribution >= 0.6 is 0 Å². The molecule has 0 unspecified atom stereocenters. The first-order chi connectivity index (χ1) is 16.2. The van der Waals surface area contributed by atoms with Crippen LogP contribution in [0.5, 0.6) is 5.75 Å². The Bertz CT molecular complexity index is 1010. The molecule has 0 saturated carbocycles. The van der Waals surface area contributed by atoms with E-state index in [1.165, 1.54) is 36.0 Å². The van der Waals surface area contributed by atoms with Crippen molar-refractivity contribution in [1.29, 1.82) is 0 Å². The molecule has 5 rings (SSSR count). The van der Waals surface area contributed by atoms with Gasteiger partial charge in [0.1, 0.15) is 12.4 Å². The number of aryl methyl sites for hydroxylation is 1. The van der Waals surface area contributed by atoms with Crippen molar-refractivity contribution in [3.63, 3.8) is 0 Å². The van der Waals surface area contributed by atoms with Gasteiger partial charge in [-0.2, -0.15) is 0 Å². The molecule has 1 heterocycles. The van der Waals surface area contributed by atoms with E-state index in [0.717, 1.165) is 43.8 Å². The van der Waals surface area contributed by atoms with E-state index in [1.54, 1.807) is 0 Å². The van der Waals surface area contributed by atoms with Crippen molar-refractivity contribution in [1.82, 2.24) is 4.90 Å². The van der Waals surface area contributed by atoms with E-state index in [1.807, 2.05) is 18.2 Å². The highest BCUT2D eigenvalue weighted by Gasteiger charge is 2.27. The highest BCUT2D eigenvalue weighted by Crippen LogP contribution is 2.34. The van der Waals surface area contributed by atoms with Crippen LogP contribution in [0.15, 0.2) is 78.9 Å². The molecule has 2 aliphatic rings. The van der Waals surface area contributed by atoms with E-state index in [0.29, 0.717) is 18.4 Å². The molecule has 1 fully saturated rings. The Hall–Kier alpha value is -2.62. The van der Waals surface area contributed by atoms with Crippen LogP contribution in [0.25, 0.3) is 0 Å². The molecule has 0 spiro atoms. The number of hydrogen-bond acceptors (Lipinski definition) is 3. The molecule has 3 heteroatoms. The third-order valence-electron chi connectivity index (χ3n) is 7.50. The van der Waals surface area contributed by atoms with Crippen LogP contribution in [0.4, 0.5) is 0 Å². The average molecular weight is 442 g/mol. The Morgan fingerprint density at radius 2 is 1.55 bits per heavy atom. The summed E-state index contributed by atoms with van der Waals surface area (Å²) in [6, 6.07) is 27.5. The standard InChI is InChI=1S/C30H35NO2/c32-30-20-24(10-11-27-8-4-5-9-29(27)30)21-31-18-16-26(17-19-31)25-12-14-28(15-13-25)33-22-23-6-2-1-3-7-23/h1-9,12-15,24,26,30,32H,10-11,16-22H2/t24-,30-/m0/s1. The Labute approximate surface area is 198 Å². The average Bonchev–Trinajstić information content (AvgIpc) is 3.03. The van der Waals surface area contributed by atoms with Gasteiger partial charge in [-0.3, -0.25) is 0 Å². The molecule has 2 atom stereocenters. The number of aliphatic hydroxyl groups excluding tert-OH is 1. The van der Waals surface area contributed by atoms with Crippen molar-refractivity contribution < 1.29 is 9.84 Å². The molecule has 3 nitrogen and oxygen atoms in total.